The summed E-state index contributed by atoms with van der Waals surface area (Å²) in [6, 6.07) is 0. The Morgan fingerprint density at radius 2 is 0.909 bits per heavy atom. The maximum Gasteiger partial charge on any atom is -0.0297 e. The molecule has 2 fully saturated rings. The molecule has 2 aliphatic carbocycles. The first-order valence-electron chi connectivity index (χ1n) is 4.91. The number of rotatable bonds is 0. The van der Waals surface area contributed by atoms with Gasteiger partial charge in [0.2, 0.25) is 0 Å². The molecule has 2 saturated carbocycles. The molecule has 0 unspecified atom stereocenters. The van der Waals surface area contributed by atoms with Crippen LogP contribution >= 0.6 is 0 Å². The predicted octanol–water partition coefficient (Wildman–Crippen LogP) is 2.69. The smallest absolute Gasteiger partial charge is 0.0297 e. The van der Waals surface area contributed by atoms with E-state index in [2.05, 4.69) is 0 Å². The topological polar surface area (TPSA) is 31.5 Å². The van der Waals surface area contributed by atoms with E-state index in [1.807, 2.05) is 0 Å². The van der Waals surface area contributed by atoms with Crippen molar-refractivity contribution in [3.05, 3.63) is 0 Å². The van der Waals surface area contributed by atoms with E-state index < -0.39 is 0 Å². The Hall–Kier alpha value is -0.0400. The molecular weight excluding hydrogens is 136 g/mol. The van der Waals surface area contributed by atoms with Crippen LogP contribution in [0.15, 0.2) is 0 Å². The fraction of sp³-hybridized carbons (Fsp3) is 1.00. The van der Waals surface area contributed by atoms with E-state index in [0.29, 0.717) is 0 Å². The molecule has 0 aromatic carbocycles. The summed E-state index contributed by atoms with van der Waals surface area (Å²) in [5.41, 5.74) is 0.873. The zero-order valence-corrected chi connectivity index (χ0v) is 7.36. The van der Waals surface area contributed by atoms with Crippen molar-refractivity contribution >= 4 is 0 Å². The average molecular weight is 156 g/mol. The van der Waals surface area contributed by atoms with E-state index >= 15 is 0 Å². The van der Waals surface area contributed by atoms with E-state index in [-0.39, 0.29) is 5.48 Å². The maximum atomic E-state index is 1.56. The van der Waals surface area contributed by atoms with Gasteiger partial charge in [0.25, 0.3) is 0 Å². The van der Waals surface area contributed by atoms with Gasteiger partial charge in [-0.1, -0.05) is 32.1 Å². The predicted molar refractivity (Wildman–Crippen MR) is 47.6 cm³/mol. The average Bonchev–Trinajstić information content (AvgIpc) is 2.39. The highest BCUT2D eigenvalue weighted by atomic mass is 16.0. The molecule has 0 saturated heterocycles. The summed E-state index contributed by atoms with van der Waals surface area (Å²) >= 11 is 0. The van der Waals surface area contributed by atoms with Crippen LogP contribution < -0.4 is 0 Å². The molecule has 0 atom stereocenters. The number of hydrogen-bond acceptors (Lipinski definition) is 0. The molecule has 2 rings (SSSR count). The van der Waals surface area contributed by atoms with Crippen LogP contribution in [0.3, 0.4) is 0 Å². The lowest BCUT2D eigenvalue weighted by molar-refractivity contribution is 0.197. The number of hydrogen-bond donors (Lipinski definition) is 0. The van der Waals surface area contributed by atoms with Crippen molar-refractivity contribution in [2.45, 2.75) is 57.8 Å². The summed E-state index contributed by atoms with van der Waals surface area (Å²) in [6.07, 6.45) is 13.9. The van der Waals surface area contributed by atoms with Gasteiger partial charge in [0.15, 0.2) is 0 Å². The quantitative estimate of drug-likeness (QED) is 0.516. The summed E-state index contributed by atoms with van der Waals surface area (Å²) in [4.78, 5) is 0. The SMILES string of the molecule is C1CCC2(CC1)CCCC2.O. The minimum absolute atomic E-state index is 0. The normalized spacial score (nSPS) is 28.4. The third kappa shape index (κ3) is 1.76. The van der Waals surface area contributed by atoms with E-state index in [1.165, 1.54) is 32.1 Å². The van der Waals surface area contributed by atoms with Gasteiger partial charge in [0, 0.05) is 0 Å². The third-order valence-electron chi connectivity index (χ3n) is 3.58. The maximum absolute atomic E-state index is 1.56. The van der Waals surface area contributed by atoms with Crippen molar-refractivity contribution in [3.63, 3.8) is 0 Å². The zero-order valence-electron chi connectivity index (χ0n) is 7.36. The van der Waals surface area contributed by atoms with Crippen LogP contribution in [0.2, 0.25) is 0 Å². The summed E-state index contributed by atoms with van der Waals surface area (Å²) in [6.45, 7) is 0. The Morgan fingerprint density at radius 3 is 1.36 bits per heavy atom. The molecule has 0 amide bonds. The molecular formula is C10H20O. The van der Waals surface area contributed by atoms with Gasteiger partial charge in [0.05, 0.1) is 0 Å². The second-order valence-corrected chi connectivity index (χ2v) is 4.27. The molecule has 1 nitrogen and oxygen atoms in total. The Morgan fingerprint density at radius 1 is 0.545 bits per heavy atom. The van der Waals surface area contributed by atoms with Crippen molar-refractivity contribution in [2.24, 2.45) is 5.41 Å². The van der Waals surface area contributed by atoms with E-state index in [0.717, 1.165) is 5.41 Å². The molecule has 0 heterocycles. The molecule has 1 heteroatoms. The third-order valence-corrected chi connectivity index (χ3v) is 3.58. The highest BCUT2D eigenvalue weighted by Crippen LogP contribution is 2.48. The molecule has 0 bridgehead atoms. The molecule has 0 radical (unpaired) electrons. The molecule has 66 valence electrons. The Bertz CT molecular complexity index is 106. The minimum Gasteiger partial charge on any atom is -0.412 e. The molecule has 2 aliphatic rings. The standard InChI is InChI=1S/C10H18.H2O/c1-2-6-10(7-3-1)8-4-5-9-10;/h1-9H2;1H2. The van der Waals surface area contributed by atoms with Crippen LogP contribution in [0.4, 0.5) is 0 Å². The van der Waals surface area contributed by atoms with Crippen molar-refractivity contribution in [1.29, 1.82) is 0 Å². The molecule has 11 heavy (non-hydrogen) atoms. The van der Waals surface area contributed by atoms with Crippen LogP contribution in [0.1, 0.15) is 57.8 Å². The lowest BCUT2D eigenvalue weighted by atomic mass is 9.73. The van der Waals surface area contributed by atoms with Crippen LogP contribution in [0.5, 0.6) is 0 Å². The molecule has 0 aromatic rings. The lowest BCUT2D eigenvalue weighted by Gasteiger charge is -2.32. The molecule has 2 N–H and O–H groups in total. The minimum atomic E-state index is 0. The van der Waals surface area contributed by atoms with Gasteiger partial charge in [-0.2, -0.15) is 0 Å². The van der Waals surface area contributed by atoms with Gasteiger partial charge in [-0.15, -0.1) is 0 Å². The first-order valence-corrected chi connectivity index (χ1v) is 4.91. The second-order valence-electron chi connectivity index (χ2n) is 4.27. The van der Waals surface area contributed by atoms with Gasteiger partial charge in [-0.3, -0.25) is 0 Å². The van der Waals surface area contributed by atoms with Crippen LogP contribution in [0, 0.1) is 5.41 Å². The summed E-state index contributed by atoms with van der Waals surface area (Å²) in [7, 11) is 0. The van der Waals surface area contributed by atoms with Gasteiger partial charge in [-0.05, 0) is 31.1 Å². The molecule has 0 aliphatic heterocycles. The Kier molecular flexibility index (Phi) is 2.94. The van der Waals surface area contributed by atoms with E-state index in [9.17, 15) is 0 Å². The van der Waals surface area contributed by atoms with Crippen molar-refractivity contribution in [3.8, 4) is 0 Å². The Balaban J connectivity index is 0.000000605. The van der Waals surface area contributed by atoms with Gasteiger partial charge < -0.3 is 5.48 Å². The Labute approximate surface area is 69.5 Å². The highest BCUT2D eigenvalue weighted by molar-refractivity contribution is 4.86. The zero-order chi connectivity index (χ0) is 6.86. The van der Waals surface area contributed by atoms with Crippen LogP contribution in [0.25, 0.3) is 0 Å². The first-order chi connectivity index (χ1) is 4.91. The van der Waals surface area contributed by atoms with Gasteiger partial charge >= 0.3 is 0 Å². The van der Waals surface area contributed by atoms with Crippen molar-refractivity contribution < 1.29 is 5.48 Å². The fourth-order valence-electron chi connectivity index (χ4n) is 2.93. The summed E-state index contributed by atoms with van der Waals surface area (Å²) < 4.78 is 0. The van der Waals surface area contributed by atoms with Gasteiger partial charge in [-0.25, -0.2) is 0 Å². The highest BCUT2D eigenvalue weighted by Gasteiger charge is 2.34. The summed E-state index contributed by atoms with van der Waals surface area (Å²) in [5, 5.41) is 0. The van der Waals surface area contributed by atoms with Gasteiger partial charge in [0.1, 0.15) is 0 Å². The fourth-order valence-corrected chi connectivity index (χ4v) is 2.93. The van der Waals surface area contributed by atoms with Crippen LogP contribution in [-0.4, -0.2) is 5.48 Å². The summed E-state index contributed by atoms with van der Waals surface area (Å²) in [5.74, 6) is 0. The van der Waals surface area contributed by atoms with E-state index in [1.54, 1.807) is 25.7 Å². The molecule has 1 spiro atoms. The van der Waals surface area contributed by atoms with Crippen LogP contribution in [-0.2, 0) is 0 Å². The van der Waals surface area contributed by atoms with Crippen molar-refractivity contribution in [2.75, 3.05) is 0 Å². The second kappa shape index (κ2) is 3.57. The van der Waals surface area contributed by atoms with Crippen molar-refractivity contribution in [1.82, 2.24) is 0 Å². The largest absolute Gasteiger partial charge is 0.412 e. The monoisotopic (exact) mass is 156 g/mol. The molecule has 0 aromatic heterocycles. The lowest BCUT2D eigenvalue weighted by Crippen LogP contribution is -2.19. The van der Waals surface area contributed by atoms with E-state index in [4.69, 9.17) is 0 Å². The first kappa shape index (κ1) is 9.05.